The molecule has 0 spiro atoms. The van der Waals surface area contributed by atoms with Gasteiger partial charge in [0, 0.05) is 12.1 Å². The van der Waals surface area contributed by atoms with Crippen LogP contribution in [0, 0.1) is 5.82 Å². The fourth-order valence-corrected chi connectivity index (χ4v) is 5.99. The van der Waals surface area contributed by atoms with E-state index in [1.807, 2.05) is 60.7 Å². The first-order chi connectivity index (χ1) is 19.0. The van der Waals surface area contributed by atoms with Gasteiger partial charge in [-0.25, -0.2) is 9.37 Å². The Hall–Kier alpha value is -4.56. The van der Waals surface area contributed by atoms with Crippen molar-refractivity contribution in [1.29, 1.82) is 0 Å². The van der Waals surface area contributed by atoms with Gasteiger partial charge in [-0.1, -0.05) is 65.9 Å². The third-order valence-corrected chi connectivity index (χ3v) is 7.92. The lowest BCUT2D eigenvalue weighted by Crippen LogP contribution is -2.45. The van der Waals surface area contributed by atoms with Crippen molar-refractivity contribution in [2.75, 3.05) is 12.4 Å². The minimum atomic E-state index is -0.722. The molecule has 39 heavy (non-hydrogen) atoms. The average molecular weight is 538 g/mol. The Morgan fingerprint density at radius 2 is 1.69 bits per heavy atom. The number of anilines is 1. The van der Waals surface area contributed by atoms with E-state index in [1.165, 1.54) is 23.5 Å². The number of halogens is 1. The molecule has 2 atom stereocenters. The summed E-state index contributed by atoms with van der Waals surface area (Å²) in [6.07, 6.45) is 0. The van der Waals surface area contributed by atoms with E-state index in [1.54, 1.807) is 36.3 Å². The van der Waals surface area contributed by atoms with Crippen LogP contribution in [0.5, 0.6) is 5.75 Å². The summed E-state index contributed by atoms with van der Waals surface area (Å²) in [5.41, 5.74) is 3.46. The minimum Gasteiger partial charge on any atom is -0.497 e. The summed E-state index contributed by atoms with van der Waals surface area (Å²) in [7, 11) is 1.59. The zero-order valence-electron chi connectivity index (χ0n) is 21.0. The van der Waals surface area contributed by atoms with E-state index >= 15 is 0 Å². The van der Waals surface area contributed by atoms with Gasteiger partial charge < -0.3 is 15.0 Å². The molecular formula is C31H24FN3O3S. The van der Waals surface area contributed by atoms with Gasteiger partial charge in [-0.15, -0.1) is 0 Å². The number of methoxy groups -OCH3 is 1. The van der Waals surface area contributed by atoms with Crippen LogP contribution < -0.4 is 10.1 Å². The molecule has 1 aromatic heterocycles. The van der Waals surface area contributed by atoms with Crippen LogP contribution in [0.15, 0.2) is 97.1 Å². The molecule has 0 saturated carbocycles. The predicted molar refractivity (Wildman–Crippen MR) is 149 cm³/mol. The average Bonchev–Trinajstić information content (AvgIpc) is 3.37. The molecule has 5 aromatic rings. The summed E-state index contributed by atoms with van der Waals surface area (Å²) in [5.74, 6) is -0.867. The molecule has 0 fully saturated rings. The fraction of sp³-hybridized carbons (Fsp3) is 0.129. The number of thiazole rings is 1. The summed E-state index contributed by atoms with van der Waals surface area (Å²) in [6, 6.07) is 27.7. The van der Waals surface area contributed by atoms with Crippen LogP contribution in [0.1, 0.15) is 39.0 Å². The number of hydrogen-bond donors (Lipinski definition) is 1. The minimum absolute atomic E-state index is 0.195. The molecule has 8 heteroatoms. The number of para-hydroxylation sites is 1. The van der Waals surface area contributed by atoms with Gasteiger partial charge in [0.15, 0.2) is 5.13 Å². The third kappa shape index (κ3) is 4.75. The van der Waals surface area contributed by atoms with E-state index < -0.39 is 12.0 Å². The van der Waals surface area contributed by atoms with Crippen LogP contribution in [0.25, 0.3) is 10.2 Å². The Morgan fingerprint density at radius 3 is 2.44 bits per heavy atom. The maximum Gasteiger partial charge on any atom is 0.255 e. The van der Waals surface area contributed by atoms with Gasteiger partial charge in [-0.05, 0) is 59.2 Å². The first-order valence-corrected chi connectivity index (χ1v) is 13.3. The van der Waals surface area contributed by atoms with Gasteiger partial charge in [0.1, 0.15) is 11.6 Å². The van der Waals surface area contributed by atoms with Crippen LogP contribution in [0.4, 0.5) is 9.52 Å². The maximum atomic E-state index is 14.1. The van der Waals surface area contributed by atoms with E-state index in [9.17, 15) is 14.0 Å². The molecule has 0 radical (unpaired) electrons. The van der Waals surface area contributed by atoms with Gasteiger partial charge in [-0.3, -0.25) is 9.59 Å². The summed E-state index contributed by atoms with van der Waals surface area (Å²) < 4.78 is 20.0. The predicted octanol–water partition coefficient (Wildman–Crippen LogP) is 6.56. The summed E-state index contributed by atoms with van der Waals surface area (Å²) in [5, 5.41) is 3.52. The van der Waals surface area contributed by atoms with E-state index in [-0.39, 0.29) is 24.2 Å². The number of ether oxygens (including phenoxy) is 1. The van der Waals surface area contributed by atoms with Gasteiger partial charge in [-0.2, -0.15) is 0 Å². The molecule has 2 unspecified atom stereocenters. The number of nitrogens with zero attached hydrogens (tertiary/aromatic N) is 2. The highest BCUT2D eigenvalue weighted by atomic mass is 32.1. The number of amides is 2. The Bertz CT molecular complexity index is 1630. The molecule has 1 N–H and O–H groups in total. The quantitative estimate of drug-likeness (QED) is 0.266. The highest BCUT2D eigenvalue weighted by molar-refractivity contribution is 7.22. The molecule has 0 aliphatic carbocycles. The monoisotopic (exact) mass is 537 g/mol. The molecule has 6 rings (SSSR count). The second-order valence-electron chi connectivity index (χ2n) is 9.32. The summed E-state index contributed by atoms with van der Waals surface area (Å²) in [4.78, 5) is 34.3. The first kappa shape index (κ1) is 24.8. The van der Waals surface area contributed by atoms with Crippen molar-refractivity contribution < 1.29 is 18.7 Å². The number of rotatable bonds is 6. The van der Waals surface area contributed by atoms with Crippen LogP contribution in [-0.4, -0.2) is 28.8 Å². The second-order valence-corrected chi connectivity index (χ2v) is 10.3. The molecule has 1 aliphatic rings. The first-order valence-electron chi connectivity index (χ1n) is 12.5. The summed E-state index contributed by atoms with van der Waals surface area (Å²) >= 11 is 1.40. The zero-order chi connectivity index (χ0) is 26.9. The number of carbonyl (C=O) groups excluding carboxylic acids is 2. The van der Waals surface area contributed by atoms with Crippen molar-refractivity contribution in [3.63, 3.8) is 0 Å². The van der Waals surface area contributed by atoms with Crippen molar-refractivity contribution in [3.8, 4) is 5.75 Å². The molecule has 0 saturated heterocycles. The Labute approximate surface area is 228 Å². The molecular weight excluding hydrogens is 513 g/mol. The topological polar surface area (TPSA) is 71.5 Å². The van der Waals surface area contributed by atoms with Crippen molar-refractivity contribution in [1.82, 2.24) is 9.88 Å². The van der Waals surface area contributed by atoms with E-state index in [2.05, 4.69) is 10.3 Å². The number of aromatic nitrogens is 1. The fourth-order valence-electron chi connectivity index (χ4n) is 5.12. The van der Waals surface area contributed by atoms with E-state index in [0.29, 0.717) is 22.0 Å². The molecule has 4 aromatic carbocycles. The zero-order valence-corrected chi connectivity index (χ0v) is 21.8. The highest BCUT2D eigenvalue weighted by Gasteiger charge is 2.44. The standard InChI is InChI=1S/C31H24FN3O3S/c1-38-22-16-12-20(13-17-22)28-27(29(36)34-31-33-25-8-4-5-9-26(25)39-31)23-6-2-3-7-24(23)30(37)35(28)18-19-10-14-21(32)15-11-19/h2-17,27-28H,18H2,1H3,(H,33,34,36). The van der Waals surface area contributed by atoms with Gasteiger partial charge in [0.2, 0.25) is 5.91 Å². The SMILES string of the molecule is COc1ccc(C2C(C(=O)Nc3nc4ccccc4s3)c3ccccc3C(=O)N2Cc2ccc(F)cc2)cc1. The van der Waals surface area contributed by atoms with Crippen molar-refractivity contribution >= 4 is 38.5 Å². The summed E-state index contributed by atoms with van der Waals surface area (Å²) in [6.45, 7) is 0.203. The number of hydrogen-bond acceptors (Lipinski definition) is 5. The molecule has 194 valence electrons. The smallest absolute Gasteiger partial charge is 0.255 e. The Balaban J connectivity index is 1.46. The third-order valence-electron chi connectivity index (χ3n) is 6.97. The lowest BCUT2D eigenvalue weighted by atomic mass is 9.79. The van der Waals surface area contributed by atoms with Gasteiger partial charge in [0.05, 0.1) is 29.3 Å². The largest absolute Gasteiger partial charge is 0.497 e. The van der Waals surface area contributed by atoms with E-state index in [4.69, 9.17) is 4.74 Å². The molecule has 2 amide bonds. The molecule has 0 bridgehead atoms. The molecule has 2 heterocycles. The van der Waals surface area contributed by atoms with Crippen molar-refractivity contribution in [3.05, 3.63) is 125 Å². The lowest BCUT2D eigenvalue weighted by molar-refractivity contribution is -0.119. The van der Waals surface area contributed by atoms with Gasteiger partial charge in [0.25, 0.3) is 5.91 Å². The van der Waals surface area contributed by atoms with Crippen LogP contribution in [-0.2, 0) is 11.3 Å². The highest BCUT2D eigenvalue weighted by Crippen LogP contribution is 2.44. The number of nitrogens with one attached hydrogen (secondary N) is 1. The molecule has 1 aliphatic heterocycles. The maximum absolute atomic E-state index is 14.1. The second kappa shape index (κ2) is 10.3. The number of benzene rings is 4. The number of carbonyl (C=O) groups is 2. The number of fused-ring (bicyclic) bond motifs is 2. The van der Waals surface area contributed by atoms with Crippen LogP contribution in [0.2, 0.25) is 0 Å². The van der Waals surface area contributed by atoms with Crippen LogP contribution >= 0.6 is 11.3 Å². The van der Waals surface area contributed by atoms with E-state index in [0.717, 1.165) is 21.3 Å². The van der Waals surface area contributed by atoms with Crippen LogP contribution in [0.3, 0.4) is 0 Å². The molecule has 6 nitrogen and oxygen atoms in total. The Kier molecular flexibility index (Phi) is 6.54. The van der Waals surface area contributed by atoms with Crippen molar-refractivity contribution in [2.24, 2.45) is 0 Å². The van der Waals surface area contributed by atoms with Crippen molar-refractivity contribution in [2.45, 2.75) is 18.5 Å². The Morgan fingerprint density at radius 1 is 0.974 bits per heavy atom. The van der Waals surface area contributed by atoms with Gasteiger partial charge >= 0.3 is 0 Å². The lowest BCUT2D eigenvalue weighted by Gasteiger charge is -2.42. The normalized spacial score (nSPS) is 16.7.